The van der Waals surface area contributed by atoms with E-state index in [-0.39, 0.29) is 0 Å². The molecule has 0 saturated heterocycles. The highest BCUT2D eigenvalue weighted by molar-refractivity contribution is 6.42. The Kier molecular flexibility index (Phi) is 5.76. The minimum Gasteiger partial charge on any atom is -0.398 e. The van der Waals surface area contributed by atoms with Gasteiger partial charge in [0, 0.05) is 30.5 Å². The van der Waals surface area contributed by atoms with Gasteiger partial charge in [0.25, 0.3) is 0 Å². The third-order valence-corrected chi connectivity index (χ3v) is 5.74. The molecule has 29 heavy (non-hydrogen) atoms. The van der Waals surface area contributed by atoms with Gasteiger partial charge in [-0.25, -0.2) is 4.98 Å². The van der Waals surface area contributed by atoms with Gasteiger partial charge in [-0.2, -0.15) is 0 Å². The van der Waals surface area contributed by atoms with Gasteiger partial charge in [-0.15, -0.1) is 0 Å². The summed E-state index contributed by atoms with van der Waals surface area (Å²) in [5, 5.41) is 1.05. The first kappa shape index (κ1) is 19.8. The maximum absolute atomic E-state index is 6.28. The standard InChI is InChI=1S/C23H22Cl2N4/c1-2-28(13-16-6-4-3-5-7-16)15-21-23(17-8-10-19(24)20(25)12-17)27-22-11-9-18(26)14-29(21)22/h3-12,14H,2,13,15,26H2,1H3. The average Bonchev–Trinajstić information content (AvgIpc) is 3.08. The van der Waals surface area contributed by atoms with Gasteiger partial charge in [0.05, 0.1) is 21.4 Å². The van der Waals surface area contributed by atoms with Crippen LogP contribution in [-0.2, 0) is 13.1 Å². The van der Waals surface area contributed by atoms with Gasteiger partial charge in [-0.05, 0) is 36.4 Å². The Morgan fingerprint density at radius 1 is 0.966 bits per heavy atom. The van der Waals surface area contributed by atoms with Crippen molar-refractivity contribution in [3.63, 3.8) is 0 Å². The number of nitrogen functional groups attached to an aromatic ring is 1. The van der Waals surface area contributed by atoms with Crippen molar-refractivity contribution >= 4 is 34.5 Å². The van der Waals surface area contributed by atoms with Crippen LogP contribution in [0.15, 0.2) is 66.9 Å². The number of aromatic nitrogens is 2. The number of rotatable bonds is 6. The number of hydrogen-bond acceptors (Lipinski definition) is 3. The SMILES string of the molecule is CCN(Cc1ccccc1)Cc1c(-c2ccc(Cl)c(Cl)c2)nc2ccc(N)cn12. The molecule has 4 aromatic rings. The molecule has 2 aromatic carbocycles. The average molecular weight is 425 g/mol. The van der Waals surface area contributed by atoms with E-state index < -0.39 is 0 Å². The lowest BCUT2D eigenvalue weighted by atomic mass is 10.1. The Labute approximate surface area is 180 Å². The first-order valence-electron chi connectivity index (χ1n) is 9.53. The van der Waals surface area contributed by atoms with E-state index in [1.54, 1.807) is 0 Å². The van der Waals surface area contributed by atoms with E-state index in [1.165, 1.54) is 5.56 Å². The predicted octanol–water partition coefficient (Wildman–Crippen LogP) is 5.91. The van der Waals surface area contributed by atoms with Gasteiger partial charge in [0.2, 0.25) is 0 Å². The quantitative estimate of drug-likeness (QED) is 0.418. The topological polar surface area (TPSA) is 46.6 Å². The summed E-state index contributed by atoms with van der Waals surface area (Å²) in [7, 11) is 0. The van der Waals surface area contributed by atoms with Crippen LogP contribution < -0.4 is 5.73 Å². The molecule has 2 N–H and O–H groups in total. The highest BCUT2D eigenvalue weighted by Gasteiger charge is 2.18. The fourth-order valence-electron chi connectivity index (χ4n) is 3.47. The number of nitrogens with zero attached hydrogens (tertiary/aromatic N) is 3. The lowest BCUT2D eigenvalue weighted by Gasteiger charge is -2.21. The normalized spacial score (nSPS) is 11.4. The third kappa shape index (κ3) is 4.25. The lowest BCUT2D eigenvalue weighted by Crippen LogP contribution is -2.23. The van der Waals surface area contributed by atoms with Crippen LogP contribution in [0.4, 0.5) is 5.69 Å². The van der Waals surface area contributed by atoms with E-state index in [1.807, 2.05) is 42.6 Å². The Bertz CT molecular complexity index is 1140. The molecule has 4 nitrogen and oxygen atoms in total. The molecule has 0 aliphatic carbocycles. The maximum Gasteiger partial charge on any atom is 0.137 e. The molecule has 0 saturated carbocycles. The number of fused-ring (bicyclic) bond motifs is 1. The van der Waals surface area contributed by atoms with Gasteiger partial charge < -0.3 is 10.1 Å². The molecular formula is C23H22Cl2N4. The number of anilines is 1. The summed E-state index contributed by atoms with van der Waals surface area (Å²) < 4.78 is 2.07. The van der Waals surface area contributed by atoms with E-state index in [4.69, 9.17) is 33.9 Å². The Hall–Kier alpha value is -2.53. The van der Waals surface area contributed by atoms with Crippen molar-refractivity contribution < 1.29 is 0 Å². The zero-order valence-corrected chi connectivity index (χ0v) is 17.7. The summed E-state index contributed by atoms with van der Waals surface area (Å²) in [6.07, 6.45) is 1.93. The Morgan fingerprint density at radius 3 is 2.48 bits per heavy atom. The number of pyridine rings is 1. The van der Waals surface area contributed by atoms with Gasteiger partial charge in [0.1, 0.15) is 5.65 Å². The lowest BCUT2D eigenvalue weighted by molar-refractivity contribution is 0.268. The van der Waals surface area contributed by atoms with Crippen LogP contribution in [0.3, 0.4) is 0 Å². The van der Waals surface area contributed by atoms with Crippen molar-refractivity contribution in [2.75, 3.05) is 12.3 Å². The second-order valence-corrected chi connectivity index (χ2v) is 7.83. The number of halogens is 2. The molecule has 0 aliphatic rings. The summed E-state index contributed by atoms with van der Waals surface area (Å²) in [4.78, 5) is 7.25. The molecule has 0 atom stereocenters. The minimum absolute atomic E-state index is 0.517. The van der Waals surface area contributed by atoms with Gasteiger partial charge in [-0.3, -0.25) is 4.90 Å². The van der Waals surface area contributed by atoms with E-state index in [0.29, 0.717) is 15.7 Å². The van der Waals surface area contributed by atoms with E-state index in [9.17, 15) is 0 Å². The van der Waals surface area contributed by atoms with Crippen molar-refractivity contribution in [3.05, 3.63) is 88.2 Å². The van der Waals surface area contributed by atoms with Crippen molar-refractivity contribution in [2.24, 2.45) is 0 Å². The van der Waals surface area contributed by atoms with Crippen LogP contribution in [-0.4, -0.2) is 20.8 Å². The van der Waals surface area contributed by atoms with Crippen molar-refractivity contribution in [2.45, 2.75) is 20.0 Å². The zero-order chi connectivity index (χ0) is 20.4. The minimum atomic E-state index is 0.517. The zero-order valence-electron chi connectivity index (χ0n) is 16.1. The van der Waals surface area contributed by atoms with Crippen LogP contribution in [0.1, 0.15) is 18.2 Å². The Morgan fingerprint density at radius 2 is 1.76 bits per heavy atom. The molecule has 0 amide bonds. The van der Waals surface area contributed by atoms with Crippen molar-refractivity contribution in [3.8, 4) is 11.3 Å². The van der Waals surface area contributed by atoms with Crippen LogP contribution in [0.25, 0.3) is 16.9 Å². The number of imidazole rings is 1. The molecule has 2 heterocycles. The number of hydrogen-bond donors (Lipinski definition) is 1. The van der Waals surface area contributed by atoms with Crippen LogP contribution in [0.2, 0.25) is 10.0 Å². The van der Waals surface area contributed by atoms with Crippen molar-refractivity contribution in [1.29, 1.82) is 0 Å². The van der Waals surface area contributed by atoms with E-state index in [2.05, 4.69) is 40.5 Å². The second-order valence-electron chi connectivity index (χ2n) is 7.02. The largest absolute Gasteiger partial charge is 0.398 e. The van der Waals surface area contributed by atoms with Gasteiger partial charge in [0.15, 0.2) is 0 Å². The van der Waals surface area contributed by atoms with Gasteiger partial charge >= 0.3 is 0 Å². The number of nitrogens with two attached hydrogens (primary N) is 1. The molecule has 0 aliphatic heterocycles. The summed E-state index contributed by atoms with van der Waals surface area (Å²) >= 11 is 12.4. The molecule has 0 bridgehead atoms. The predicted molar refractivity (Wildman–Crippen MR) is 121 cm³/mol. The monoisotopic (exact) mass is 424 g/mol. The Balaban J connectivity index is 1.78. The third-order valence-electron chi connectivity index (χ3n) is 5.00. The smallest absolute Gasteiger partial charge is 0.137 e. The molecule has 0 radical (unpaired) electrons. The summed E-state index contributed by atoms with van der Waals surface area (Å²) in [5.41, 5.74) is 11.8. The molecular weight excluding hydrogens is 403 g/mol. The van der Waals surface area contributed by atoms with Crippen LogP contribution in [0.5, 0.6) is 0 Å². The molecule has 0 unspecified atom stereocenters. The first-order valence-corrected chi connectivity index (χ1v) is 10.3. The summed E-state index contributed by atoms with van der Waals surface area (Å²) in [6, 6.07) is 19.9. The van der Waals surface area contributed by atoms with Gasteiger partial charge in [-0.1, -0.05) is 66.5 Å². The maximum atomic E-state index is 6.28. The molecule has 0 fully saturated rings. The summed E-state index contributed by atoms with van der Waals surface area (Å²) in [5.74, 6) is 0. The highest BCUT2D eigenvalue weighted by Crippen LogP contribution is 2.31. The number of benzene rings is 2. The van der Waals surface area contributed by atoms with Crippen LogP contribution >= 0.6 is 23.2 Å². The molecule has 4 rings (SSSR count). The molecule has 0 spiro atoms. The van der Waals surface area contributed by atoms with Crippen molar-refractivity contribution in [1.82, 2.24) is 14.3 Å². The van der Waals surface area contributed by atoms with Crippen LogP contribution in [0, 0.1) is 0 Å². The molecule has 6 heteroatoms. The fraction of sp³-hybridized carbons (Fsp3) is 0.174. The first-order chi connectivity index (χ1) is 14.0. The fourth-order valence-corrected chi connectivity index (χ4v) is 3.77. The van der Waals surface area contributed by atoms with E-state index >= 15 is 0 Å². The highest BCUT2D eigenvalue weighted by atomic mass is 35.5. The second kappa shape index (κ2) is 8.46. The summed E-state index contributed by atoms with van der Waals surface area (Å²) in [6.45, 7) is 4.66. The van der Waals surface area contributed by atoms with E-state index in [0.717, 1.165) is 42.2 Å². The molecule has 148 valence electrons. The molecule has 2 aromatic heterocycles.